The Hall–Kier alpha value is -3.92. The minimum Gasteiger partial charge on any atom is -0.340 e. The monoisotopic (exact) mass is 523 g/mol. The number of aromatic nitrogens is 3. The van der Waals surface area contributed by atoms with Gasteiger partial charge in [0.25, 0.3) is 5.56 Å². The Morgan fingerprint density at radius 2 is 1.63 bits per heavy atom. The van der Waals surface area contributed by atoms with Crippen LogP contribution in [0.15, 0.2) is 59.4 Å². The molecule has 1 aliphatic heterocycles. The smallest absolute Gasteiger partial charge is 0.340 e. The SMILES string of the molecule is Cc1ccc(CN2CCN(C(=O)Cc3c(C)nc4c(-c5ccccc5)c(C(F)(F)F)[nH]n4c3=O)CC2)cc1. The van der Waals surface area contributed by atoms with Gasteiger partial charge >= 0.3 is 6.18 Å². The maximum Gasteiger partial charge on any atom is 0.433 e. The van der Waals surface area contributed by atoms with E-state index in [1.165, 1.54) is 23.3 Å². The number of nitrogens with zero attached hydrogens (tertiary/aromatic N) is 4. The largest absolute Gasteiger partial charge is 0.433 e. The number of amides is 1. The highest BCUT2D eigenvalue weighted by atomic mass is 19.4. The average molecular weight is 524 g/mol. The molecule has 3 heterocycles. The van der Waals surface area contributed by atoms with Crippen molar-refractivity contribution < 1.29 is 18.0 Å². The van der Waals surface area contributed by atoms with E-state index in [-0.39, 0.29) is 40.4 Å². The van der Waals surface area contributed by atoms with E-state index in [0.717, 1.165) is 11.1 Å². The van der Waals surface area contributed by atoms with Gasteiger partial charge in [-0.2, -0.15) is 13.2 Å². The van der Waals surface area contributed by atoms with Crippen LogP contribution in [0.3, 0.4) is 0 Å². The van der Waals surface area contributed by atoms with E-state index >= 15 is 0 Å². The van der Waals surface area contributed by atoms with E-state index in [1.54, 1.807) is 30.0 Å². The van der Waals surface area contributed by atoms with Gasteiger partial charge in [-0.1, -0.05) is 60.2 Å². The minimum absolute atomic E-state index is 0.0872. The van der Waals surface area contributed by atoms with Gasteiger partial charge in [-0.3, -0.25) is 19.6 Å². The number of H-pyrrole nitrogens is 1. The third kappa shape index (κ3) is 5.08. The zero-order valence-electron chi connectivity index (χ0n) is 21.2. The first-order chi connectivity index (χ1) is 18.1. The van der Waals surface area contributed by atoms with Gasteiger partial charge in [-0.15, -0.1) is 0 Å². The zero-order valence-corrected chi connectivity index (χ0v) is 21.2. The number of hydrogen-bond donors (Lipinski definition) is 1. The van der Waals surface area contributed by atoms with E-state index in [2.05, 4.69) is 39.2 Å². The summed E-state index contributed by atoms with van der Waals surface area (Å²) in [5.41, 5.74) is 0.957. The van der Waals surface area contributed by atoms with Gasteiger partial charge in [0.15, 0.2) is 5.65 Å². The first-order valence-electron chi connectivity index (χ1n) is 12.4. The van der Waals surface area contributed by atoms with Crippen molar-refractivity contribution in [3.8, 4) is 11.1 Å². The summed E-state index contributed by atoms with van der Waals surface area (Å²) in [5, 5.41) is 2.21. The topological polar surface area (TPSA) is 73.7 Å². The van der Waals surface area contributed by atoms with Crippen LogP contribution < -0.4 is 5.56 Å². The second kappa shape index (κ2) is 10.1. The average Bonchev–Trinajstić information content (AvgIpc) is 3.29. The quantitative estimate of drug-likeness (QED) is 0.425. The summed E-state index contributed by atoms with van der Waals surface area (Å²) >= 11 is 0. The first kappa shape index (κ1) is 25.7. The molecule has 0 spiro atoms. The molecule has 0 unspecified atom stereocenters. The van der Waals surface area contributed by atoms with Crippen molar-refractivity contribution in [2.45, 2.75) is 33.0 Å². The van der Waals surface area contributed by atoms with Gasteiger partial charge in [0.1, 0.15) is 5.69 Å². The number of hydrogen-bond acceptors (Lipinski definition) is 4. The molecule has 1 fully saturated rings. The van der Waals surface area contributed by atoms with E-state index < -0.39 is 17.4 Å². The summed E-state index contributed by atoms with van der Waals surface area (Å²) in [6.07, 6.45) is -4.95. The van der Waals surface area contributed by atoms with Gasteiger partial charge < -0.3 is 4.90 Å². The summed E-state index contributed by atoms with van der Waals surface area (Å²) in [6, 6.07) is 16.4. The molecule has 0 radical (unpaired) electrons. The number of halogens is 3. The second-order valence-electron chi connectivity index (χ2n) is 9.68. The number of aryl methyl sites for hydroxylation is 2. The first-order valence-corrected chi connectivity index (χ1v) is 12.4. The third-order valence-electron chi connectivity index (χ3n) is 7.01. The minimum atomic E-state index is -4.73. The van der Waals surface area contributed by atoms with Gasteiger partial charge in [0, 0.05) is 44.0 Å². The fourth-order valence-corrected chi connectivity index (χ4v) is 4.87. The molecule has 38 heavy (non-hydrogen) atoms. The van der Waals surface area contributed by atoms with Crippen molar-refractivity contribution >= 4 is 11.6 Å². The van der Waals surface area contributed by atoms with Gasteiger partial charge in [-0.25, -0.2) is 9.50 Å². The summed E-state index contributed by atoms with van der Waals surface area (Å²) in [4.78, 5) is 34.8. The van der Waals surface area contributed by atoms with Gasteiger partial charge in [0.2, 0.25) is 5.91 Å². The third-order valence-corrected chi connectivity index (χ3v) is 7.01. The molecule has 2 aromatic heterocycles. The second-order valence-corrected chi connectivity index (χ2v) is 9.68. The fraction of sp³-hybridized carbons (Fsp3) is 0.321. The Morgan fingerprint density at radius 3 is 2.26 bits per heavy atom. The number of carbonyl (C=O) groups excluding carboxylic acids is 1. The van der Waals surface area contributed by atoms with E-state index in [1.807, 2.05) is 6.92 Å². The molecule has 0 bridgehead atoms. The van der Waals surface area contributed by atoms with Gasteiger partial charge in [-0.05, 0) is 25.0 Å². The normalized spacial score (nSPS) is 14.8. The van der Waals surface area contributed by atoms with Crippen LogP contribution in [0.4, 0.5) is 13.2 Å². The molecule has 198 valence electrons. The van der Waals surface area contributed by atoms with Crippen LogP contribution in [0.1, 0.15) is 28.1 Å². The molecule has 4 aromatic rings. The highest BCUT2D eigenvalue weighted by Crippen LogP contribution is 2.38. The maximum atomic E-state index is 13.9. The molecule has 0 aliphatic carbocycles. The lowest BCUT2D eigenvalue weighted by atomic mass is 10.1. The number of benzene rings is 2. The molecular weight excluding hydrogens is 495 g/mol. The predicted molar refractivity (Wildman–Crippen MR) is 138 cm³/mol. The number of aromatic amines is 1. The number of fused-ring (bicyclic) bond motifs is 1. The molecule has 1 aliphatic rings. The number of nitrogens with one attached hydrogen (secondary N) is 1. The summed E-state index contributed by atoms with van der Waals surface area (Å²) in [7, 11) is 0. The number of piperazine rings is 1. The Bertz CT molecular complexity index is 1520. The van der Waals surface area contributed by atoms with Crippen LogP contribution in [0.25, 0.3) is 16.8 Å². The molecule has 7 nitrogen and oxygen atoms in total. The van der Waals surface area contributed by atoms with Crippen LogP contribution in [0, 0.1) is 13.8 Å². The van der Waals surface area contributed by atoms with Crippen molar-refractivity contribution in [3.63, 3.8) is 0 Å². The van der Waals surface area contributed by atoms with Crippen LogP contribution in [-0.2, 0) is 23.9 Å². The highest BCUT2D eigenvalue weighted by Gasteiger charge is 2.38. The number of alkyl halides is 3. The molecule has 0 atom stereocenters. The Morgan fingerprint density at radius 1 is 0.974 bits per heavy atom. The lowest BCUT2D eigenvalue weighted by Crippen LogP contribution is -2.49. The molecule has 10 heteroatoms. The number of carbonyl (C=O) groups is 1. The molecule has 1 amide bonds. The molecule has 1 N–H and O–H groups in total. The lowest BCUT2D eigenvalue weighted by molar-refractivity contribution is -0.140. The van der Waals surface area contributed by atoms with E-state index in [4.69, 9.17) is 0 Å². The summed E-state index contributed by atoms with van der Waals surface area (Å²) in [6.45, 7) is 6.81. The predicted octanol–water partition coefficient (Wildman–Crippen LogP) is 4.21. The van der Waals surface area contributed by atoms with E-state index in [0.29, 0.717) is 26.2 Å². The van der Waals surface area contributed by atoms with Crippen molar-refractivity contribution in [2.75, 3.05) is 26.2 Å². The molecule has 2 aromatic carbocycles. The number of rotatable bonds is 5. The Labute approximate surface area is 217 Å². The van der Waals surface area contributed by atoms with Crippen molar-refractivity contribution in [2.24, 2.45) is 0 Å². The fourth-order valence-electron chi connectivity index (χ4n) is 4.87. The summed E-state index contributed by atoms with van der Waals surface area (Å²) in [5.74, 6) is -0.243. The van der Waals surface area contributed by atoms with E-state index in [9.17, 15) is 22.8 Å². The highest BCUT2D eigenvalue weighted by molar-refractivity contribution is 5.82. The van der Waals surface area contributed by atoms with Crippen LogP contribution >= 0.6 is 0 Å². The molecule has 0 saturated carbocycles. The molecule has 1 saturated heterocycles. The van der Waals surface area contributed by atoms with Crippen molar-refractivity contribution in [1.82, 2.24) is 24.4 Å². The maximum absolute atomic E-state index is 13.9. The molecule has 5 rings (SSSR count). The van der Waals surface area contributed by atoms with Crippen LogP contribution in [0.2, 0.25) is 0 Å². The molecular formula is C28H28F3N5O2. The Balaban J connectivity index is 1.37. The van der Waals surface area contributed by atoms with Crippen molar-refractivity contribution in [3.05, 3.63) is 93.0 Å². The van der Waals surface area contributed by atoms with Gasteiger partial charge in [0.05, 0.1) is 12.0 Å². The zero-order chi connectivity index (χ0) is 27.0. The van der Waals surface area contributed by atoms with Crippen LogP contribution in [0.5, 0.6) is 0 Å². The Kier molecular flexibility index (Phi) is 6.83. The standard InChI is InChI=1S/C28H28F3N5O2/c1-18-8-10-20(11-9-18)17-34-12-14-35(15-13-34)23(37)16-22-19(2)32-26-24(21-6-4-3-5-7-21)25(28(29,30)31)33-36(26)27(22)38/h3-11,33H,12-17H2,1-2H3. The summed E-state index contributed by atoms with van der Waals surface area (Å²) < 4.78 is 42.5. The lowest BCUT2D eigenvalue weighted by Gasteiger charge is -2.34. The van der Waals surface area contributed by atoms with Crippen molar-refractivity contribution in [1.29, 1.82) is 0 Å². The van der Waals surface area contributed by atoms with Crippen LogP contribution in [-0.4, -0.2) is 56.5 Å².